The quantitative estimate of drug-likeness (QED) is 0.592. The Morgan fingerprint density at radius 3 is 2.30 bits per heavy atom. The van der Waals surface area contributed by atoms with Gasteiger partial charge in [-0.2, -0.15) is 0 Å². The number of nitrogens with zero attached hydrogens (tertiary/aromatic N) is 2. The molecule has 1 saturated heterocycles. The monoisotopic (exact) mass is 380 g/mol. The third-order valence-electron chi connectivity index (χ3n) is 5.11. The van der Waals surface area contributed by atoms with Crippen LogP contribution in [-0.4, -0.2) is 31.1 Å². The Labute approximate surface area is 164 Å². The molecule has 27 heavy (non-hydrogen) atoms. The standard InChI is InChI=1S/C23H22ClFN2/c24-20-10-8-18(9-11-20)23-7-2-1-4-19(23)17-26-12-14-27(15-13-26)22-6-3-5-21(25)16-22/h1-11,16H,12-15,17H2. The molecule has 4 rings (SSSR count). The Morgan fingerprint density at radius 2 is 1.56 bits per heavy atom. The van der Waals surface area contributed by atoms with Gasteiger partial charge < -0.3 is 4.90 Å². The molecule has 138 valence electrons. The minimum Gasteiger partial charge on any atom is -0.369 e. The van der Waals surface area contributed by atoms with E-state index in [0.29, 0.717) is 0 Å². The number of halogens is 2. The largest absolute Gasteiger partial charge is 0.369 e. The average molecular weight is 381 g/mol. The van der Waals surface area contributed by atoms with E-state index >= 15 is 0 Å². The molecule has 0 spiro atoms. The summed E-state index contributed by atoms with van der Waals surface area (Å²) in [6.07, 6.45) is 0. The normalized spacial score (nSPS) is 15.1. The number of rotatable bonds is 4. The highest BCUT2D eigenvalue weighted by molar-refractivity contribution is 6.30. The predicted molar refractivity (Wildman–Crippen MR) is 111 cm³/mol. The van der Waals surface area contributed by atoms with Crippen molar-refractivity contribution < 1.29 is 4.39 Å². The molecule has 1 aliphatic heterocycles. The fourth-order valence-corrected chi connectivity index (χ4v) is 3.77. The highest BCUT2D eigenvalue weighted by Gasteiger charge is 2.18. The maximum atomic E-state index is 13.5. The van der Waals surface area contributed by atoms with Crippen molar-refractivity contribution in [2.75, 3.05) is 31.1 Å². The van der Waals surface area contributed by atoms with Crippen LogP contribution >= 0.6 is 11.6 Å². The number of anilines is 1. The first-order valence-electron chi connectivity index (χ1n) is 9.26. The van der Waals surface area contributed by atoms with E-state index in [0.717, 1.165) is 43.4 Å². The van der Waals surface area contributed by atoms with Gasteiger partial charge in [-0.1, -0.05) is 54.1 Å². The topological polar surface area (TPSA) is 6.48 Å². The van der Waals surface area contributed by atoms with Crippen molar-refractivity contribution in [3.8, 4) is 11.1 Å². The van der Waals surface area contributed by atoms with Crippen LogP contribution in [0.25, 0.3) is 11.1 Å². The number of hydrogen-bond acceptors (Lipinski definition) is 2. The molecule has 1 aliphatic rings. The van der Waals surface area contributed by atoms with Crippen LogP contribution in [0.3, 0.4) is 0 Å². The van der Waals surface area contributed by atoms with Gasteiger partial charge in [-0.05, 0) is 47.0 Å². The summed E-state index contributed by atoms with van der Waals surface area (Å²) in [5.74, 6) is -0.174. The molecule has 0 aliphatic carbocycles. The van der Waals surface area contributed by atoms with E-state index in [1.807, 2.05) is 18.2 Å². The first-order chi connectivity index (χ1) is 13.2. The summed E-state index contributed by atoms with van der Waals surface area (Å²) in [4.78, 5) is 4.72. The first-order valence-corrected chi connectivity index (χ1v) is 9.63. The van der Waals surface area contributed by atoms with E-state index in [4.69, 9.17) is 11.6 Å². The summed E-state index contributed by atoms with van der Waals surface area (Å²) in [6, 6.07) is 23.4. The minimum absolute atomic E-state index is 0.174. The number of hydrogen-bond donors (Lipinski definition) is 0. The second-order valence-corrected chi connectivity index (χ2v) is 7.34. The fraction of sp³-hybridized carbons (Fsp3) is 0.217. The Morgan fingerprint density at radius 1 is 0.815 bits per heavy atom. The van der Waals surface area contributed by atoms with Gasteiger partial charge in [0.1, 0.15) is 5.82 Å². The molecule has 0 aromatic heterocycles. The van der Waals surface area contributed by atoms with Gasteiger partial charge >= 0.3 is 0 Å². The zero-order valence-electron chi connectivity index (χ0n) is 15.1. The molecule has 0 N–H and O–H groups in total. The first kappa shape index (κ1) is 18.0. The molecular formula is C23H22ClFN2. The summed E-state index contributed by atoms with van der Waals surface area (Å²) in [5.41, 5.74) is 4.73. The fourth-order valence-electron chi connectivity index (χ4n) is 3.65. The molecule has 3 aromatic carbocycles. The van der Waals surface area contributed by atoms with E-state index in [1.54, 1.807) is 12.1 Å². The third-order valence-corrected chi connectivity index (χ3v) is 5.36. The lowest BCUT2D eigenvalue weighted by atomic mass is 9.99. The summed E-state index contributed by atoms with van der Waals surface area (Å²) < 4.78 is 13.5. The van der Waals surface area contributed by atoms with E-state index in [1.165, 1.54) is 22.8 Å². The van der Waals surface area contributed by atoms with Crippen molar-refractivity contribution >= 4 is 17.3 Å². The van der Waals surface area contributed by atoms with E-state index in [2.05, 4.69) is 46.2 Å². The Hall–Kier alpha value is -2.36. The number of benzene rings is 3. The van der Waals surface area contributed by atoms with Crippen LogP contribution in [0.4, 0.5) is 10.1 Å². The van der Waals surface area contributed by atoms with Gasteiger partial charge in [0.15, 0.2) is 0 Å². The van der Waals surface area contributed by atoms with Crippen LogP contribution in [0, 0.1) is 5.82 Å². The lowest BCUT2D eigenvalue weighted by Gasteiger charge is -2.36. The van der Waals surface area contributed by atoms with Crippen molar-refractivity contribution in [3.63, 3.8) is 0 Å². The van der Waals surface area contributed by atoms with E-state index in [-0.39, 0.29) is 5.82 Å². The molecule has 0 bridgehead atoms. The molecule has 0 unspecified atom stereocenters. The molecule has 1 fully saturated rings. The van der Waals surface area contributed by atoms with Gasteiger partial charge in [-0.3, -0.25) is 4.90 Å². The molecule has 0 saturated carbocycles. The lowest BCUT2D eigenvalue weighted by Crippen LogP contribution is -2.46. The molecule has 1 heterocycles. The van der Waals surface area contributed by atoms with Crippen LogP contribution in [0.5, 0.6) is 0 Å². The predicted octanol–water partition coefficient (Wildman–Crippen LogP) is 5.47. The Bertz CT molecular complexity index is 902. The third kappa shape index (κ3) is 4.32. The van der Waals surface area contributed by atoms with Crippen LogP contribution in [0.2, 0.25) is 5.02 Å². The molecule has 0 atom stereocenters. The summed E-state index contributed by atoms with van der Waals surface area (Å²) >= 11 is 6.03. The lowest BCUT2D eigenvalue weighted by molar-refractivity contribution is 0.250. The van der Waals surface area contributed by atoms with Gasteiger partial charge in [0.2, 0.25) is 0 Å². The van der Waals surface area contributed by atoms with Gasteiger partial charge in [0, 0.05) is 43.4 Å². The van der Waals surface area contributed by atoms with E-state index < -0.39 is 0 Å². The highest BCUT2D eigenvalue weighted by Crippen LogP contribution is 2.27. The zero-order valence-corrected chi connectivity index (χ0v) is 15.9. The Kier molecular flexibility index (Phi) is 5.42. The molecule has 0 radical (unpaired) electrons. The van der Waals surface area contributed by atoms with Crippen LogP contribution < -0.4 is 4.90 Å². The second kappa shape index (κ2) is 8.12. The van der Waals surface area contributed by atoms with Crippen molar-refractivity contribution in [2.24, 2.45) is 0 Å². The van der Waals surface area contributed by atoms with Crippen LogP contribution in [0.1, 0.15) is 5.56 Å². The zero-order chi connectivity index (χ0) is 18.6. The van der Waals surface area contributed by atoms with E-state index in [9.17, 15) is 4.39 Å². The summed E-state index contributed by atoms with van der Waals surface area (Å²) in [5, 5.41) is 0.754. The Balaban J connectivity index is 1.44. The van der Waals surface area contributed by atoms with Gasteiger partial charge in [0.25, 0.3) is 0 Å². The van der Waals surface area contributed by atoms with Crippen molar-refractivity contribution in [2.45, 2.75) is 6.54 Å². The molecule has 0 amide bonds. The van der Waals surface area contributed by atoms with Crippen molar-refractivity contribution in [1.29, 1.82) is 0 Å². The molecule has 3 aromatic rings. The molecule has 2 nitrogen and oxygen atoms in total. The smallest absolute Gasteiger partial charge is 0.125 e. The SMILES string of the molecule is Fc1cccc(N2CCN(Cc3ccccc3-c3ccc(Cl)cc3)CC2)c1. The van der Waals surface area contributed by atoms with Crippen LogP contribution in [0.15, 0.2) is 72.8 Å². The van der Waals surface area contributed by atoms with Gasteiger partial charge in [-0.15, -0.1) is 0 Å². The van der Waals surface area contributed by atoms with Crippen molar-refractivity contribution in [1.82, 2.24) is 4.90 Å². The minimum atomic E-state index is -0.174. The van der Waals surface area contributed by atoms with Gasteiger partial charge in [-0.25, -0.2) is 4.39 Å². The maximum Gasteiger partial charge on any atom is 0.125 e. The van der Waals surface area contributed by atoms with Gasteiger partial charge in [0.05, 0.1) is 0 Å². The highest BCUT2D eigenvalue weighted by atomic mass is 35.5. The second-order valence-electron chi connectivity index (χ2n) is 6.91. The summed E-state index contributed by atoms with van der Waals surface area (Å²) in [7, 11) is 0. The molecular weight excluding hydrogens is 359 g/mol. The molecule has 4 heteroatoms. The number of piperazine rings is 1. The van der Waals surface area contributed by atoms with Crippen molar-refractivity contribution in [3.05, 3.63) is 89.2 Å². The average Bonchev–Trinajstić information content (AvgIpc) is 2.70. The summed E-state index contributed by atoms with van der Waals surface area (Å²) in [6.45, 7) is 4.66. The van der Waals surface area contributed by atoms with Crippen LogP contribution in [-0.2, 0) is 6.54 Å². The maximum absolute atomic E-state index is 13.5.